The van der Waals surface area contributed by atoms with Gasteiger partial charge in [-0.1, -0.05) is 38.1 Å². The van der Waals surface area contributed by atoms with E-state index in [1.54, 1.807) is 52.0 Å². The zero-order valence-electron chi connectivity index (χ0n) is 21.0. The summed E-state index contributed by atoms with van der Waals surface area (Å²) < 4.78 is 10.4. The van der Waals surface area contributed by atoms with Gasteiger partial charge in [-0.15, -0.1) is 0 Å². The summed E-state index contributed by atoms with van der Waals surface area (Å²) in [4.78, 5) is 33.2. The molecule has 0 saturated carbocycles. The van der Waals surface area contributed by atoms with E-state index >= 15 is 0 Å². The van der Waals surface area contributed by atoms with Crippen LogP contribution in [0.25, 0.3) is 0 Å². The first kappa shape index (κ1) is 27.1. The lowest BCUT2D eigenvalue weighted by Crippen LogP contribution is -2.27. The smallest absolute Gasteiger partial charge is 0.412 e. The average molecular weight is 480 g/mol. The Labute approximate surface area is 206 Å². The molecule has 0 aliphatic heterocycles. The number of nitrogens with one attached hydrogen (secondary N) is 3. The van der Waals surface area contributed by atoms with Crippen molar-refractivity contribution in [3.8, 4) is 0 Å². The van der Waals surface area contributed by atoms with Crippen LogP contribution in [-0.2, 0) is 9.47 Å². The zero-order chi connectivity index (χ0) is 25.8. The average Bonchev–Trinajstić information content (AvgIpc) is 2.80. The second-order valence-corrected chi connectivity index (χ2v) is 8.00. The Morgan fingerprint density at radius 2 is 1.57 bits per heavy atom. The van der Waals surface area contributed by atoms with E-state index in [1.807, 2.05) is 44.2 Å². The molecule has 9 heteroatoms. The van der Waals surface area contributed by atoms with E-state index in [-0.39, 0.29) is 18.0 Å². The molecule has 0 unspecified atom stereocenters. The van der Waals surface area contributed by atoms with Gasteiger partial charge in [0, 0.05) is 23.3 Å². The highest BCUT2D eigenvalue weighted by molar-refractivity contribution is 5.95. The van der Waals surface area contributed by atoms with Gasteiger partial charge in [-0.05, 0) is 58.0 Å². The minimum atomic E-state index is -0.613. The van der Waals surface area contributed by atoms with Crippen LogP contribution in [0.1, 0.15) is 51.9 Å². The van der Waals surface area contributed by atoms with Crippen molar-refractivity contribution in [3.63, 3.8) is 0 Å². The van der Waals surface area contributed by atoms with Crippen molar-refractivity contribution in [2.75, 3.05) is 22.6 Å². The molecule has 1 aromatic heterocycles. The number of para-hydroxylation sites is 1. The van der Waals surface area contributed by atoms with Gasteiger partial charge < -0.3 is 20.1 Å². The Morgan fingerprint density at radius 1 is 0.914 bits per heavy atom. The number of aromatic nitrogens is 2. The molecule has 0 bridgehead atoms. The van der Waals surface area contributed by atoms with Gasteiger partial charge in [0.1, 0.15) is 11.2 Å². The molecule has 3 N–H and O–H groups in total. The van der Waals surface area contributed by atoms with Gasteiger partial charge in [0.2, 0.25) is 5.95 Å². The van der Waals surface area contributed by atoms with E-state index in [1.165, 1.54) is 6.20 Å². The summed E-state index contributed by atoms with van der Waals surface area (Å²) in [5.41, 5.74) is 1.48. The van der Waals surface area contributed by atoms with Gasteiger partial charge in [-0.2, -0.15) is 4.98 Å². The quantitative estimate of drug-likeness (QED) is 0.328. The molecule has 0 atom stereocenters. The second-order valence-electron chi connectivity index (χ2n) is 8.00. The minimum absolute atomic E-state index is 0.181. The molecular formula is C26H33N5O4. The summed E-state index contributed by atoms with van der Waals surface area (Å²) in [7, 11) is 0. The Hall–Kier alpha value is -4.14. The molecule has 186 valence electrons. The van der Waals surface area contributed by atoms with Crippen LogP contribution in [0, 0.1) is 0 Å². The number of amides is 1. The highest BCUT2D eigenvalue weighted by atomic mass is 16.6. The van der Waals surface area contributed by atoms with Crippen molar-refractivity contribution in [2.24, 2.45) is 0 Å². The molecule has 0 fully saturated rings. The fourth-order valence-corrected chi connectivity index (χ4v) is 2.78. The van der Waals surface area contributed by atoms with Crippen LogP contribution in [0.4, 0.5) is 33.6 Å². The van der Waals surface area contributed by atoms with Crippen molar-refractivity contribution in [2.45, 2.75) is 47.1 Å². The molecule has 3 rings (SSSR count). The third-order valence-corrected chi connectivity index (χ3v) is 4.08. The highest BCUT2D eigenvalue weighted by Crippen LogP contribution is 2.24. The van der Waals surface area contributed by atoms with E-state index in [2.05, 4.69) is 25.9 Å². The standard InChI is InChI=1S/C24H27N5O4.C2H6/c1-5-32-21(30)19-15-25-22(27-16-10-7-6-8-11-16)29-20(19)26-17-12-9-13-18(14-17)28-23(31)33-24(2,3)4;1-2/h6-15H,5H2,1-4H3,(H,28,31)(H2,25,26,27,29);1-2H3. The zero-order valence-corrected chi connectivity index (χ0v) is 21.0. The fraction of sp³-hybridized carbons (Fsp3) is 0.308. The third kappa shape index (κ3) is 8.96. The molecule has 0 saturated heterocycles. The maximum absolute atomic E-state index is 12.4. The highest BCUT2D eigenvalue weighted by Gasteiger charge is 2.18. The number of nitrogens with zero attached hydrogens (tertiary/aromatic N) is 2. The summed E-state index contributed by atoms with van der Waals surface area (Å²) in [6, 6.07) is 16.4. The Kier molecular flexibility index (Phi) is 10.0. The van der Waals surface area contributed by atoms with E-state index in [4.69, 9.17) is 9.47 Å². The minimum Gasteiger partial charge on any atom is -0.462 e. The van der Waals surface area contributed by atoms with Gasteiger partial charge >= 0.3 is 12.1 Å². The molecule has 2 aromatic carbocycles. The molecule has 3 aromatic rings. The van der Waals surface area contributed by atoms with Crippen LogP contribution in [0.5, 0.6) is 0 Å². The van der Waals surface area contributed by atoms with E-state index in [0.717, 1.165) is 5.69 Å². The number of esters is 1. The van der Waals surface area contributed by atoms with Crippen LogP contribution in [0.2, 0.25) is 0 Å². The predicted octanol–water partition coefficient (Wildman–Crippen LogP) is 6.51. The summed E-state index contributed by atoms with van der Waals surface area (Å²) in [5.74, 6) is 0.0189. The predicted molar refractivity (Wildman–Crippen MR) is 139 cm³/mol. The van der Waals surface area contributed by atoms with Crippen LogP contribution < -0.4 is 16.0 Å². The SMILES string of the molecule is CC.CCOC(=O)c1cnc(Nc2ccccc2)nc1Nc1cccc(NC(=O)OC(C)(C)C)c1. The molecule has 9 nitrogen and oxygen atoms in total. The summed E-state index contributed by atoms with van der Waals surface area (Å²) >= 11 is 0. The maximum atomic E-state index is 12.4. The molecule has 1 amide bonds. The molecule has 35 heavy (non-hydrogen) atoms. The van der Waals surface area contributed by atoms with Gasteiger partial charge in [-0.3, -0.25) is 5.32 Å². The number of benzene rings is 2. The Bertz CT molecular complexity index is 1110. The van der Waals surface area contributed by atoms with Crippen LogP contribution in [0.15, 0.2) is 60.8 Å². The van der Waals surface area contributed by atoms with E-state index in [9.17, 15) is 9.59 Å². The monoisotopic (exact) mass is 479 g/mol. The molecular weight excluding hydrogens is 446 g/mol. The van der Waals surface area contributed by atoms with E-state index < -0.39 is 17.7 Å². The van der Waals surface area contributed by atoms with E-state index in [0.29, 0.717) is 17.3 Å². The number of carbonyl (C=O) groups excluding carboxylic acids is 2. The summed E-state index contributed by atoms with van der Waals surface area (Å²) in [6.45, 7) is 11.3. The number of rotatable bonds is 7. The molecule has 1 heterocycles. The molecule has 0 spiro atoms. The number of hydrogen-bond acceptors (Lipinski definition) is 8. The molecule has 0 aliphatic rings. The normalized spacial score (nSPS) is 10.3. The number of anilines is 5. The van der Waals surface area contributed by atoms with Crippen molar-refractivity contribution >= 4 is 40.9 Å². The van der Waals surface area contributed by atoms with Crippen molar-refractivity contribution in [3.05, 3.63) is 66.4 Å². The third-order valence-electron chi connectivity index (χ3n) is 4.08. The lowest BCUT2D eigenvalue weighted by molar-refractivity contribution is 0.0525. The Balaban J connectivity index is 0.00000210. The molecule has 0 radical (unpaired) electrons. The van der Waals surface area contributed by atoms with Gasteiger partial charge in [-0.25, -0.2) is 14.6 Å². The number of hydrogen-bond donors (Lipinski definition) is 3. The first-order valence-corrected chi connectivity index (χ1v) is 11.5. The molecule has 0 aliphatic carbocycles. The van der Waals surface area contributed by atoms with Crippen molar-refractivity contribution in [1.82, 2.24) is 9.97 Å². The summed E-state index contributed by atoms with van der Waals surface area (Å²) in [6.07, 6.45) is 0.838. The topological polar surface area (TPSA) is 114 Å². The van der Waals surface area contributed by atoms with Gasteiger partial charge in [0.15, 0.2) is 5.82 Å². The second kappa shape index (κ2) is 12.9. The first-order valence-electron chi connectivity index (χ1n) is 11.5. The van der Waals surface area contributed by atoms with Crippen molar-refractivity contribution < 1.29 is 19.1 Å². The lowest BCUT2D eigenvalue weighted by atomic mass is 10.2. The maximum Gasteiger partial charge on any atom is 0.412 e. The number of carbonyl (C=O) groups is 2. The Morgan fingerprint density at radius 3 is 2.23 bits per heavy atom. The first-order chi connectivity index (χ1) is 16.7. The van der Waals surface area contributed by atoms with Crippen LogP contribution in [0.3, 0.4) is 0 Å². The van der Waals surface area contributed by atoms with Gasteiger partial charge in [0.05, 0.1) is 6.61 Å². The largest absolute Gasteiger partial charge is 0.462 e. The van der Waals surface area contributed by atoms with Crippen molar-refractivity contribution in [1.29, 1.82) is 0 Å². The number of ether oxygens (including phenoxy) is 2. The summed E-state index contributed by atoms with van der Waals surface area (Å²) in [5, 5.41) is 8.90. The van der Waals surface area contributed by atoms with Crippen LogP contribution >= 0.6 is 0 Å². The lowest BCUT2D eigenvalue weighted by Gasteiger charge is -2.20. The fourth-order valence-electron chi connectivity index (χ4n) is 2.78. The van der Waals surface area contributed by atoms with Crippen LogP contribution in [-0.4, -0.2) is 34.2 Å². The van der Waals surface area contributed by atoms with Gasteiger partial charge in [0.25, 0.3) is 0 Å².